The lowest BCUT2D eigenvalue weighted by molar-refractivity contribution is -0.154. The zero-order valence-corrected chi connectivity index (χ0v) is 20.7. The average molecular weight is 528 g/mol. The number of pyridine rings is 1. The van der Waals surface area contributed by atoms with Crippen LogP contribution >= 0.6 is 0 Å². The minimum atomic E-state index is -4.55. The highest BCUT2D eigenvalue weighted by Gasteiger charge is 2.29. The third-order valence-corrected chi connectivity index (χ3v) is 5.57. The number of nitrogens with two attached hydrogens (primary N) is 1. The zero-order chi connectivity index (χ0) is 27.4. The lowest BCUT2D eigenvalue weighted by atomic mass is 10.1. The Hall–Kier alpha value is -4.61. The van der Waals surface area contributed by atoms with E-state index in [9.17, 15) is 18.0 Å². The molecule has 2 aromatic carbocycles. The average Bonchev–Trinajstić information content (AvgIpc) is 2.89. The maximum Gasteiger partial charge on any atom is 0.422 e. The Balaban J connectivity index is 1.90. The SMILES string of the molecule is CN=Cc1cc(-c2nc3ccc(OCC(F)(F)F)nc3n(Cc3ccc(OC)c(OC)c3)c2=O)ccc1N. The van der Waals surface area contributed by atoms with Crippen molar-refractivity contribution in [2.24, 2.45) is 4.99 Å². The summed E-state index contributed by atoms with van der Waals surface area (Å²) < 4.78 is 54.9. The fourth-order valence-corrected chi connectivity index (χ4v) is 3.81. The first-order valence-corrected chi connectivity index (χ1v) is 11.3. The van der Waals surface area contributed by atoms with E-state index < -0.39 is 18.3 Å². The van der Waals surface area contributed by atoms with Crippen LogP contribution in [0.5, 0.6) is 17.4 Å². The van der Waals surface area contributed by atoms with E-state index in [1.54, 1.807) is 49.7 Å². The lowest BCUT2D eigenvalue weighted by Gasteiger charge is -2.15. The molecule has 2 heterocycles. The van der Waals surface area contributed by atoms with Gasteiger partial charge in [-0.25, -0.2) is 4.98 Å². The zero-order valence-electron chi connectivity index (χ0n) is 20.7. The molecular formula is C26H24F3N5O4. The Morgan fingerprint density at radius 2 is 1.79 bits per heavy atom. The first kappa shape index (κ1) is 26.5. The largest absolute Gasteiger partial charge is 0.493 e. The Kier molecular flexibility index (Phi) is 7.51. The van der Waals surface area contributed by atoms with Crippen molar-refractivity contribution in [1.82, 2.24) is 14.5 Å². The molecule has 0 atom stereocenters. The highest BCUT2D eigenvalue weighted by atomic mass is 19.4. The number of hydrogen-bond acceptors (Lipinski definition) is 8. The number of aromatic nitrogens is 3. The molecule has 2 aromatic heterocycles. The molecule has 38 heavy (non-hydrogen) atoms. The van der Waals surface area contributed by atoms with Crippen molar-refractivity contribution in [2.45, 2.75) is 12.7 Å². The highest BCUT2D eigenvalue weighted by Crippen LogP contribution is 2.29. The van der Waals surface area contributed by atoms with Gasteiger partial charge in [0, 0.05) is 36.1 Å². The number of alkyl halides is 3. The van der Waals surface area contributed by atoms with Gasteiger partial charge in [-0.3, -0.25) is 14.4 Å². The smallest absolute Gasteiger partial charge is 0.422 e. The number of rotatable bonds is 8. The summed E-state index contributed by atoms with van der Waals surface area (Å²) in [4.78, 5) is 26.4. The van der Waals surface area contributed by atoms with Gasteiger partial charge in [0.1, 0.15) is 11.2 Å². The number of aliphatic imine (C=N–C) groups is 1. The second kappa shape index (κ2) is 10.8. The molecule has 0 amide bonds. The van der Waals surface area contributed by atoms with Gasteiger partial charge < -0.3 is 19.9 Å². The highest BCUT2D eigenvalue weighted by molar-refractivity contribution is 5.89. The Labute approximate surface area is 215 Å². The summed E-state index contributed by atoms with van der Waals surface area (Å²) >= 11 is 0. The van der Waals surface area contributed by atoms with Crippen LogP contribution < -0.4 is 25.5 Å². The number of halogens is 3. The van der Waals surface area contributed by atoms with Crippen LogP contribution in [0.1, 0.15) is 11.1 Å². The molecule has 4 rings (SSSR count). The summed E-state index contributed by atoms with van der Waals surface area (Å²) in [6.07, 6.45) is -2.99. The number of anilines is 1. The lowest BCUT2D eigenvalue weighted by Crippen LogP contribution is -2.25. The van der Waals surface area contributed by atoms with E-state index in [1.165, 1.54) is 30.9 Å². The monoisotopic (exact) mass is 527 g/mol. The molecule has 0 fully saturated rings. The van der Waals surface area contributed by atoms with E-state index in [4.69, 9.17) is 19.9 Å². The van der Waals surface area contributed by atoms with E-state index in [-0.39, 0.29) is 29.3 Å². The van der Waals surface area contributed by atoms with Crippen LogP contribution in [0.25, 0.3) is 22.4 Å². The standard InChI is InChI=1S/C26H24F3N5O4/c1-31-12-17-11-16(5-6-18(17)30)23-25(35)34(13-15-4-8-20(36-2)21(10-15)37-3)24-19(32-23)7-9-22(33-24)38-14-26(27,28)29/h4-12H,13-14,30H2,1-3H3. The molecule has 9 nitrogen and oxygen atoms in total. The molecule has 0 aliphatic rings. The van der Waals surface area contributed by atoms with Crippen molar-refractivity contribution >= 4 is 23.1 Å². The van der Waals surface area contributed by atoms with Crippen molar-refractivity contribution < 1.29 is 27.4 Å². The third kappa shape index (κ3) is 5.69. The molecule has 198 valence electrons. The van der Waals surface area contributed by atoms with E-state index in [1.807, 2.05) is 0 Å². The molecule has 0 aliphatic heterocycles. The number of nitrogen functional groups attached to an aromatic ring is 1. The first-order chi connectivity index (χ1) is 18.1. The quantitative estimate of drug-likeness (QED) is 0.271. The van der Waals surface area contributed by atoms with E-state index in [0.717, 1.165) is 0 Å². The predicted molar refractivity (Wildman–Crippen MR) is 137 cm³/mol. The maximum absolute atomic E-state index is 13.8. The molecule has 0 unspecified atom stereocenters. The van der Waals surface area contributed by atoms with Crippen molar-refractivity contribution in [3.8, 4) is 28.6 Å². The van der Waals surface area contributed by atoms with Gasteiger partial charge in [-0.2, -0.15) is 18.2 Å². The van der Waals surface area contributed by atoms with Crippen LogP contribution in [-0.4, -0.2) is 54.8 Å². The van der Waals surface area contributed by atoms with Gasteiger partial charge in [-0.1, -0.05) is 12.1 Å². The van der Waals surface area contributed by atoms with Crippen LogP contribution in [0.4, 0.5) is 18.9 Å². The predicted octanol–water partition coefficient (Wildman–Crippen LogP) is 4.10. The second-order valence-corrected chi connectivity index (χ2v) is 8.17. The maximum atomic E-state index is 13.8. The van der Waals surface area contributed by atoms with Crippen molar-refractivity contribution in [1.29, 1.82) is 0 Å². The van der Waals surface area contributed by atoms with Gasteiger partial charge in [-0.05, 0) is 35.9 Å². The molecule has 0 radical (unpaired) electrons. The van der Waals surface area contributed by atoms with Gasteiger partial charge >= 0.3 is 6.18 Å². The Morgan fingerprint density at radius 1 is 1.03 bits per heavy atom. The number of fused-ring (bicyclic) bond motifs is 1. The minimum Gasteiger partial charge on any atom is -0.493 e. The second-order valence-electron chi connectivity index (χ2n) is 8.17. The molecule has 0 saturated carbocycles. The summed E-state index contributed by atoms with van der Waals surface area (Å²) in [5.74, 6) is 0.649. The van der Waals surface area contributed by atoms with Crippen LogP contribution in [0, 0.1) is 0 Å². The van der Waals surface area contributed by atoms with Crippen molar-refractivity contribution in [2.75, 3.05) is 33.6 Å². The number of nitrogens with zero attached hydrogens (tertiary/aromatic N) is 4. The van der Waals surface area contributed by atoms with Gasteiger partial charge in [0.05, 0.1) is 20.8 Å². The summed E-state index contributed by atoms with van der Waals surface area (Å²) in [5, 5.41) is 0. The minimum absolute atomic E-state index is 0.0131. The topological polar surface area (TPSA) is 114 Å². The van der Waals surface area contributed by atoms with Crippen LogP contribution in [-0.2, 0) is 6.54 Å². The van der Waals surface area contributed by atoms with Gasteiger partial charge in [-0.15, -0.1) is 0 Å². The van der Waals surface area contributed by atoms with Crippen LogP contribution in [0.2, 0.25) is 0 Å². The number of methoxy groups -OCH3 is 2. The molecule has 0 bridgehead atoms. The summed E-state index contributed by atoms with van der Waals surface area (Å²) in [7, 11) is 4.58. The number of benzene rings is 2. The molecular weight excluding hydrogens is 503 g/mol. The molecule has 0 spiro atoms. The van der Waals surface area contributed by atoms with Crippen LogP contribution in [0.3, 0.4) is 0 Å². The van der Waals surface area contributed by atoms with Crippen molar-refractivity contribution in [3.05, 3.63) is 70.0 Å². The van der Waals surface area contributed by atoms with E-state index >= 15 is 0 Å². The molecule has 12 heteroatoms. The summed E-state index contributed by atoms with van der Waals surface area (Å²) in [5.41, 5.74) is 8.16. The molecule has 2 N–H and O–H groups in total. The summed E-state index contributed by atoms with van der Waals surface area (Å²) in [6.45, 7) is -1.51. The van der Waals surface area contributed by atoms with Gasteiger partial charge in [0.15, 0.2) is 23.8 Å². The van der Waals surface area contributed by atoms with Crippen molar-refractivity contribution in [3.63, 3.8) is 0 Å². The number of hydrogen-bond donors (Lipinski definition) is 1. The molecule has 0 saturated heterocycles. The fourth-order valence-electron chi connectivity index (χ4n) is 3.81. The van der Waals surface area contributed by atoms with E-state index in [0.29, 0.717) is 33.9 Å². The van der Waals surface area contributed by atoms with E-state index in [2.05, 4.69) is 15.0 Å². The normalized spacial score (nSPS) is 11.7. The first-order valence-electron chi connectivity index (χ1n) is 11.3. The number of ether oxygens (including phenoxy) is 3. The Morgan fingerprint density at radius 3 is 2.47 bits per heavy atom. The summed E-state index contributed by atoms with van der Waals surface area (Å²) in [6, 6.07) is 12.8. The Bertz CT molecular complexity index is 1570. The van der Waals surface area contributed by atoms with Gasteiger partial charge in [0.25, 0.3) is 5.56 Å². The fraction of sp³-hybridized carbons (Fsp3) is 0.231. The third-order valence-electron chi connectivity index (χ3n) is 5.57. The van der Waals surface area contributed by atoms with Gasteiger partial charge in [0.2, 0.25) is 5.88 Å². The van der Waals surface area contributed by atoms with Crippen LogP contribution in [0.15, 0.2) is 58.3 Å². The molecule has 4 aromatic rings. The molecule has 0 aliphatic carbocycles.